The second kappa shape index (κ2) is 5.66. The number of nitro groups is 1. The van der Waals surface area contributed by atoms with Gasteiger partial charge in [-0.15, -0.1) is 11.3 Å². The fraction of sp³-hybridized carbons (Fsp3) is 0.250. The molecular formula is C12H14N4O2S. The molecule has 0 amide bonds. The second-order valence-electron chi connectivity index (χ2n) is 3.95. The maximum absolute atomic E-state index is 11.1. The van der Waals surface area contributed by atoms with Gasteiger partial charge in [0, 0.05) is 18.1 Å². The van der Waals surface area contributed by atoms with Crippen LogP contribution in [0.1, 0.15) is 10.7 Å². The smallest absolute Gasteiger partial charge is 0.315 e. The molecule has 0 atom stereocenters. The highest BCUT2D eigenvalue weighted by Crippen LogP contribution is 2.32. The van der Waals surface area contributed by atoms with Gasteiger partial charge in [0.2, 0.25) is 0 Å². The third kappa shape index (κ3) is 3.00. The molecule has 0 aliphatic rings. The van der Waals surface area contributed by atoms with Crippen LogP contribution >= 0.6 is 11.3 Å². The molecule has 19 heavy (non-hydrogen) atoms. The summed E-state index contributed by atoms with van der Waals surface area (Å²) in [6.45, 7) is 2.40. The van der Waals surface area contributed by atoms with E-state index in [1.807, 2.05) is 12.3 Å². The van der Waals surface area contributed by atoms with Crippen molar-refractivity contribution in [2.75, 3.05) is 17.7 Å². The first-order valence-corrected chi connectivity index (χ1v) is 6.60. The number of aryl methyl sites for hydroxylation is 1. The topological polar surface area (TPSA) is 80.1 Å². The standard InChI is InChI=1S/C12H14N4O2S/c1-8-7-19-11(15-8)6-14-10-5-3-4-9(13-2)12(10)16(17)18/h3-5,7,13-14H,6H2,1-2H3. The third-order valence-electron chi connectivity index (χ3n) is 2.58. The van der Waals surface area contributed by atoms with Crippen molar-refractivity contribution in [1.82, 2.24) is 4.98 Å². The number of hydrogen-bond acceptors (Lipinski definition) is 6. The summed E-state index contributed by atoms with van der Waals surface area (Å²) in [6.07, 6.45) is 0. The van der Waals surface area contributed by atoms with Crippen molar-refractivity contribution >= 4 is 28.4 Å². The van der Waals surface area contributed by atoms with Crippen molar-refractivity contribution in [1.29, 1.82) is 0 Å². The van der Waals surface area contributed by atoms with E-state index in [4.69, 9.17) is 0 Å². The third-order valence-corrected chi connectivity index (χ3v) is 3.55. The Kier molecular flexibility index (Phi) is 3.96. The van der Waals surface area contributed by atoms with Gasteiger partial charge in [-0.1, -0.05) is 6.07 Å². The molecule has 0 fully saturated rings. The number of para-hydroxylation sites is 1. The van der Waals surface area contributed by atoms with Crippen molar-refractivity contribution in [3.05, 3.63) is 44.4 Å². The lowest BCUT2D eigenvalue weighted by Gasteiger charge is -2.08. The molecule has 0 saturated carbocycles. The van der Waals surface area contributed by atoms with Crippen molar-refractivity contribution in [2.45, 2.75) is 13.5 Å². The maximum atomic E-state index is 11.1. The number of aromatic nitrogens is 1. The average molecular weight is 278 g/mol. The van der Waals surface area contributed by atoms with Crippen LogP contribution in [-0.4, -0.2) is 17.0 Å². The van der Waals surface area contributed by atoms with Crippen LogP contribution in [0, 0.1) is 17.0 Å². The Balaban J connectivity index is 2.22. The lowest BCUT2D eigenvalue weighted by Crippen LogP contribution is -2.04. The summed E-state index contributed by atoms with van der Waals surface area (Å²) in [6, 6.07) is 5.14. The van der Waals surface area contributed by atoms with Gasteiger partial charge in [-0.3, -0.25) is 10.1 Å². The van der Waals surface area contributed by atoms with E-state index in [2.05, 4.69) is 15.6 Å². The molecule has 2 N–H and O–H groups in total. The van der Waals surface area contributed by atoms with Gasteiger partial charge in [0.15, 0.2) is 0 Å². The van der Waals surface area contributed by atoms with Crippen LogP contribution in [0.3, 0.4) is 0 Å². The lowest BCUT2D eigenvalue weighted by molar-refractivity contribution is -0.383. The minimum Gasteiger partial charge on any atom is -0.382 e. The quantitative estimate of drug-likeness (QED) is 0.649. The zero-order valence-electron chi connectivity index (χ0n) is 10.6. The average Bonchev–Trinajstić information content (AvgIpc) is 2.81. The van der Waals surface area contributed by atoms with Crippen molar-refractivity contribution < 1.29 is 4.92 Å². The van der Waals surface area contributed by atoms with Crippen molar-refractivity contribution in [3.63, 3.8) is 0 Å². The largest absolute Gasteiger partial charge is 0.382 e. The van der Waals surface area contributed by atoms with E-state index in [9.17, 15) is 10.1 Å². The fourth-order valence-electron chi connectivity index (χ4n) is 1.74. The first kappa shape index (κ1) is 13.3. The monoisotopic (exact) mass is 278 g/mol. The molecule has 7 heteroatoms. The molecule has 2 rings (SSSR count). The Morgan fingerprint density at radius 1 is 1.42 bits per heavy atom. The van der Waals surface area contributed by atoms with Crippen LogP contribution in [0.2, 0.25) is 0 Å². The fourth-order valence-corrected chi connectivity index (χ4v) is 2.45. The highest BCUT2D eigenvalue weighted by atomic mass is 32.1. The van der Waals surface area contributed by atoms with Gasteiger partial charge in [-0.25, -0.2) is 4.98 Å². The number of anilines is 2. The van der Waals surface area contributed by atoms with Crippen LogP contribution in [0.4, 0.5) is 17.1 Å². The van der Waals surface area contributed by atoms with E-state index in [0.717, 1.165) is 10.7 Å². The zero-order chi connectivity index (χ0) is 13.8. The zero-order valence-corrected chi connectivity index (χ0v) is 11.5. The summed E-state index contributed by atoms with van der Waals surface area (Å²) >= 11 is 1.53. The maximum Gasteiger partial charge on any atom is 0.315 e. The van der Waals surface area contributed by atoms with E-state index >= 15 is 0 Å². The number of nitrogens with zero attached hydrogens (tertiary/aromatic N) is 2. The van der Waals surface area contributed by atoms with E-state index in [1.54, 1.807) is 25.2 Å². The minimum absolute atomic E-state index is 0.0540. The summed E-state index contributed by atoms with van der Waals surface area (Å²) < 4.78 is 0. The van der Waals surface area contributed by atoms with Gasteiger partial charge in [-0.05, 0) is 19.1 Å². The van der Waals surface area contributed by atoms with Crippen LogP contribution < -0.4 is 10.6 Å². The predicted molar refractivity (Wildman–Crippen MR) is 76.8 cm³/mol. The molecule has 1 aromatic heterocycles. The van der Waals surface area contributed by atoms with Gasteiger partial charge in [0.1, 0.15) is 16.4 Å². The van der Waals surface area contributed by atoms with Gasteiger partial charge in [0.05, 0.1) is 11.5 Å². The summed E-state index contributed by atoms with van der Waals surface area (Å²) in [5.74, 6) is 0. The van der Waals surface area contributed by atoms with Gasteiger partial charge in [0.25, 0.3) is 0 Å². The first-order valence-electron chi connectivity index (χ1n) is 5.72. The molecule has 2 aromatic rings. The normalized spacial score (nSPS) is 10.2. The lowest BCUT2D eigenvalue weighted by atomic mass is 10.2. The number of thiazole rings is 1. The number of nitrogens with one attached hydrogen (secondary N) is 2. The Morgan fingerprint density at radius 3 is 2.74 bits per heavy atom. The Morgan fingerprint density at radius 2 is 2.16 bits per heavy atom. The number of benzene rings is 1. The van der Waals surface area contributed by atoms with Crippen LogP contribution in [0.5, 0.6) is 0 Å². The van der Waals surface area contributed by atoms with Crippen molar-refractivity contribution in [2.24, 2.45) is 0 Å². The molecule has 0 aliphatic heterocycles. The summed E-state index contributed by atoms with van der Waals surface area (Å²) in [4.78, 5) is 15.1. The summed E-state index contributed by atoms with van der Waals surface area (Å²) in [5.41, 5.74) is 1.99. The molecule has 100 valence electrons. The first-order chi connectivity index (χ1) is 9.11. The SMILES string of the molecule is CNc1cccc(NCc2nc(C)cs2)c1[N+](=O)[O-]. The second-order valence-corrected chi connectivity index (χ2v) is 4.89. The highest BCUT2D eigenvalue weighted by Gasteiger charge is 2.18. The van der Waals surface area contributed by atoms with Gasteiger partial charge in [-0.2, -0.15) is 0 Å². The van der Waals surface area contributed by atoms with Crippen LogP contribution in [-0.2, 0) is 6.54 Å². The van der Waals surface area contributed by atoms with Crippen LogP contribution in [0.25, 0.3) is 0 Å². The van der Waals surface area contributed by atoms with Crippen molar-refractivity contribution in [3.8, 4) is 0 Å². The molecule has 0 unspecified atom stereocenters. The molecule has 0 aliphatic carbocycles. The van der Waals surface area contributed by atoms with E-state index in [-0.39, 0.29) is 10.6 Å². The van der Waals surface area contributed by atoms with E-state index in [1.165, 1.54) is 11.3 Å². The minimum atomic E-state index is -0.388. The summed E-state index contributed by atoms with van der Waals surface area (Å²) in [5, 5.41) is 19.9. The number of rotatable bonds is 5. The van der Waals surface area contributed by atoms with E-state index < -0.39 is 0 Å². The van der Waals surface area contributed by atoms with E-state index in [0.29, 0.717) is 17.9 Å². The van der Waals surface area contributed by atoms with Crippen LogP contribution in [0.15, 0.2) is 23.6 Å². The Bertz CT molecular complexity index is 597. The molecular weight excluding hydrogens is 264 g/mol. The highest BCUT2D eigenvalue weighted by molar-refractivity contribution is 7.09. The molecule has 0 bridgehead atoms. The molecule has 1 heterocycles. The number of hydrogen-bond donors (Lipinski definition) is 2. The predicted octanol–water partition coefficient (Wildman–Crippen LogP) is 3.01. The van der Waals surface area contributed by atoms with Gasteiger partial charge < -0.3 is 10.6 Å². The Labute approximate surface area is 114 Å². The summed E-state index contributed by atoms with van der Waals surface area (Å²) in [7, 11) is 1.66. The van der Waals surface area contributed by atoms with Gasteiger partial charge >= 0.3 is 5.69 Å². The molecule has 0 radical (unpaired) electrons. The number of nitro benzene ring substituents is 1. The molecule has 0 spiro atoms. The Hall–Kier alpha value is -2.15. The molecule has 1 aromatic carbocycles. The molecule has 6 nitrogen and oxygen atoms in total. The molecule has 0 saturated heterocycles.